The van der Waals surface area contributed by atoms with Gasteiger partial charge in [0.15, 0.2) is 0 Å². The number of phosphoric acid groups is 1. The monoisotopic (exact) mass is 743 g/mol. The van der Waals surface area contributed by atoms with Crippen LogP contribution in [-0.4, -0.2) is 75.6 Å². The minimum Gasteiger partial charge on any atom is -0.457 e. The molecule has 1 N–H and O–H groups in total. The average molecular weight is 743 g/mol. The molecule has 2 unspecified atom stereocenters. The Balaban J connectivity index is 4.29. The zero-order chi connectivity index (χ0) is 37.7. The highest BCUT2D eigenvalue weighted by Crippen LogP contribution is 2.43. The first-order valence-corrected chi connectivity index (χ1v) is 22.2. The van der Waals surface area contributed by atoms with Crippen LogP contribution in [0.1, 0.15) is 168 Å². The van der Waals surface area contributed by atoms with E-state index in [0.717, 1.165) is 70.6 Å². The summed E-state index contributed by atoms with van der Waals surface area (Å²) < 4.78 is 34.9. The van der Waals surface area contributed by atoms with E-state index in [1.807, 2.05) is 21.1 Å². The molecule has 300 valence electrons. The first-order chi connectivity index (χ1) is 24.6. The second kappa shape index (κ2) is 35.7. The van der Waals surface area contributed by atoms with Gasteiger partial charge in [0.2, 0.25) is 0 Å². The van der Waals surface area contributed by atoms with E-state index >= 15 is 0 Å². The van der Waals surface area contributed by atoms with Gasteiger partial charge in [-0.05, 0) is 44.9 Å². The Kier molecular flexibility index (Phi) is 34.8. The van der Waals surface area contributed by atoms with Gasteiger partial charge in [0, 0.05) is 13.0 Å². The molecule has 0 spiro atoms. The fourth-order valence-electron chi connectivity index (χ4n) is 5.51. The van der Waals surface area contributed by atoms with Crippen LogP contribution in [0.15, 0.2) is 36.5 Å². The highest BCUT2D eigenvalue weighted by molar-refractivity contribution is 7.47. The van der Waals surface area contributed by atoms with E-state index in [2.05, 4.69) is 50.3 Å². The van der Waals surface area contributed by atoms with Crippen molar-refractivity contribution in [3.05, 3.63) is 36.5 Å². The lowest BCUT2D eigenvalue weighted by Gasteiger charge is -2.24. The highest BCUT2D eigenvalue weighted by Gasteiger charge is 2.26. The van der Waals surface area contributed by atoms with Gasteiger partial charge in [0.05, 0.1) is 34.4 Å². The fraction of sp³-hybridized carbons (Fsp3) is 0.833. The minimum absolute atomic E-state index is 0.0845. The van der Waals surface area contributed by atoms with Crippen LogP contribution in [-0.2, 0) is 27.9 Å². The first-order valence-electron chi connectivity index (χ1n) is 20.7. The summed E-state index contributed by atoms with van der Waals surface area (Å²) in [6, 6.07) is 0. The largest absolute Gasteiger partial charge is 0.472 e. The maximum atomic E-state index is 12.7. The number of nitrogens with zero attached hydrogens (tertiary/aromatic N) is 1. The van der Waals surface area contributed by atoms with Gasteiger partial charge in [-0.2, -0.15) is 0 Å². The Hall–Kier alpha value is -1.28. The Labute approximate surface area is 315 Å². The van der Waals surface area contributed by atoms with Crippen molar-refractivity contribution in [2.45, 2.75) is 174 Å². The number of carbonyl (C=O) groups excluding carboxylic acids is 1. The van der Waals surface area contributed by atoms with E-state index < -0.39 is 13.9 Å². The second-order valence-corrected chi connectivity index (χ2v) is 16.4. The van der Waals surface area contributed by atoms with Crippen molar-refractivity contribution in [3.63, 3.8) is 0 Å². The van der Waals surface area contributed by atoms with E-state index in [1.54, 1.807) is 0 Å². The Morgan fingerprint density at radius 1 is 0.627 bits per heavy atom. The van der Waals surface area contributed by atoms with Crippen LogP contribution in [0.2, 0.25) is 0 Å². The molecule has 0 saturated carbocycles. The molecule has 51 heavy (non-hydrogen) atoms. The molecule has 0 aromatic heterocycles. The van der Waals surface area contributed by atoms with Crippen molar-refractivity contribution < 1.29 is 37.3 Å². The van der Waals surface area contributed by atoms with E-state index in [4.69, 9.17) is 18.5 Å². The molecule has 8 nitrogen and oxygen atoms in total. The molecule has 0 fully saturated rings. The van der Waals surface area contributed by atoms with Crippen LogP contribution in [0.25, 0.3) is 0 Å². The second-order valence-electron chi connectivity index (χ2n) is 15.0. The lowest BCUT2D eigenvalue weighted by atomic mass is 10.0. The topological polar surface area (TPSA) is 91.3 Å². The number of esters is 1. The number of hydrogen-bond acceptors (Lipinski definition) is 6. The van der Waals surface area contributed by atoms with E-state index in [1.165, 1.54) is 77.0 Å². The summed E-state index contributed by atoms with van der Waals surface area (Å²) in [7, 11) is 1.65. The zero-order valence-electron chi connectivity index (χ0n) is 33.8. The van der Waals surface area contributed by atoms with Crippen molar-refractivity contribution in [3.8, 4) is 0 Å². The van der Waals surface area contributed by atoms with Gasteiger partial charge in [-0.1, -0.05) is 153 Å². The number of phosphoric ester groups is 1. The number of hydrogen-bond donors (Lipinski definition) is 1. The van der Waals surface area contributed by atoms with Gasteiger partial charge < -0.3 is 18.9 Å². The molecule has 0 saturated heterocycles. The van der Waals surface area contributed by atoms with E-state index in [0.29, 0.717) is 24.1 Å². The number of rotatable bonds is 38. The standard InChI is InChI=1S/C42H80NO7P/c1-6-8-10-12-14-16-18-20-22-23-25-27-29-31-33-35-42(44)50-41(40-49-51(45,46)48-38-36-43(3,4)5)39-47-37-34-32-30-28-26-24-21-19-17-15-13-11-9-7-2/h9,11,15,17,21,24,41H,6-8,10,12-14,16,18-20,22-23,25-40H2,1-5H3/p+1/b11-9-,17-15-,24-21-. The molecule has 0 aliphatic heterocycles. The van der Waals surface area contributed by atoms with Crippen LogP contribution in [0.4, 0.5) is 0 Å². The summed E-state index contributed by atoms with van der Waals surface area (Å²) in [4.78, 5) is 22.8. The molecule has 0 radical (unpaired) electrons. The molecule has 0 aliphatic carbocycles. The van der Waals surface area contributed by atoms with Crippen LogP contribution in [0, 0.1) is 0 Å². The lowest BCUT2D eigenvalue weighted by Crippen LogP contribution is -2.37. The Bertz CT molecular complexity index is 915. The summed E-state index contributed by atoms with van der Waals surface area (Å²) in [5.74, 6) is -0.322. The van der Waals surface area contributed by atoms with Crippen LogP contribution in [0.3, 0.4) is 0 Å². The Morgan fingerprint density at radius 3 is 1.71 bits per heavy atom. The molecule has 0 aromatic rings. The number of likely N-dealkylation sites (N-methyl/N-ethyl adjacent to an activating group) is 1. The molecule has 0 rings (SSSR count). The number of unbranched alkanes of at least 4 members (excludes halogenated alkanes) is 18. The normalized spacial score (nSPS) is 14.2. The summed E-state index contributed by atoms with van der Waals surface area (Å²) >= 11 is 0. The number of quaternary nitrogens is 1. The first kappa shape index (κ1) is 49.7. The third-order valence-electron chi connectivity index (χ3n) is 8.72. The molecule has 0 amide bonds. The molecular weight excluding hydrogens is 661 g/mol. The molecule has 0 aromatic carbocycles. The van der Waals surface area contributed by atoms with Crippen molar-refractivity contribution >= 4 is 13.8 Å². The lowest BCUT2D eigenvalue weighted by molar-refractivity contribution is -0.870. The molecule has 0 heterocycles. The molecule has 2 atom stereocenters. The summed E-state index contributed by atoms with van der Waals surface area (Å²) in [5.41, 5.74) is 0. The number of carbonyl (C=O) groups is 1. The number of ether oxygens (including phenoxy) is 2. The van der Waals surface area contributed by atoms with E-state index in [9.17, 15) is 14.3 Å². The van der Waals surface area contributed by atoms with Crippen LogP contribution >= 0.6 is 7.82 Å². The molecule has 9 heteroatoms. The predicted molar refractivity (Wildman–Crippen MR) is 215 cm³/mol. The van der Waals surface area contributed by atoms with Crippen molar-refractivity contribution in [1.29, 1.82) is 0 Å². The number of allylic oxidation sites excluding steroid dienone is 6. The van der Waals surface area contributed by atoms with Crippen LogP contribution < -0.4 is 0 Å². The van der Waals surface area contributed by atoms with Gasteiger partial charge in [-0.15, -0.1) is 0 Å². The summed E-state index contributed by atoms with van der Waals surface area (Å²) in [5, 5.41) is 0. The smallest absolute Gasteiger partial charge is 0.457 e. The predicted octanol–water partition coefficient (Wildman–Crippen LogP) is 11.8. The molecular formula is C42H81NO7P+. The van der Waals surface area contributed by atoms with Gasteiger partial charge in [0.25, 0.3) is 0 Å². The maximum absolute atomic E-state index is 12.7. The van der Waals surface area contributed by atoms with Crippen molar-refractivity contribution in [1.82, 2.24) is 0 Å². The summed E-state index contributed by atoms with van der Waals surface area (Å²) in [6.45, 7) is 5.46. The fourth-order valence-corrected chi connectivity index (χ4v) is 6.25. The third kappa shape index (κ3) is 39.8. The SMILES string of the molecule is CC/C=C\C/C=C\C/C=C\CCCCCCOCC(COP(=O)(O)OCC[N+](C)(C)C)OC(=O)CCCCCCCCCCCCCCCCC. The van der Waals surface area contributed by atoms with Gasteiger partial charge in [0.1, 0.15) is 19.3 Å². The minimum atomic E-state index is -4.27. The van der Waals surface area contributed by atoms with Crippen molar-refractivity contribution in [2.75, 3.05) is 54.1 Å². The van der Waals surface area contributed by atoms with E-state index in [-0.39, 0.29) is 25.8 Å². The maximum Gasteiger partial charge on any atom is 0.472 e. The van der Waals surface area contributed by atoms with Gasteiger partial charge >= 0.3 is 13.8 Å². The van der Waals surface area contributed by atoms with Crippen LogP contribution in [0.5, 0.6) is 0 Å². The molecule has 0 bridgehead atoms. The summed E-state index contributed by atoms with van der Waals surface area (Å²) in [6.07, 6.45) is 40.3. The van der Waals surface area contributed by atoms with Gasteiger partial charge in [-0.25, -0.2) is 4.57 Å². The average Bonchev–Trinajstić information content (AvgIpc) is 3.08. The third-order valence-corrected chi connectivity index (χ3v) is 9.70. The molecule has 0 aliphatic rings. The quantitative estimate of drug-likeness (QED) is 0.0221. The van der Waals surface area contributed by atoms with Crippen molar-refractivity contribution in [2.24, 2.45) is 0 Å². The highest BCUT2D eigenvalue weighted by atomic mass is 31.2. The zero-order valence-corrected chi connectivity index (χ0v) is 34.7. The Morgan fingerprint density at radius 2 is 1.14 bits per heavy atom. The van der Waals surface area contributed by atoms with Gasteiger partial charge in [-0.3, -0.25) is 13.8 Å².